The second-order valence-electron chi connectivity index (χ2n) is 3.48. The van der Waals surface area contributed by atoms with E-state index in [1.54, 1.807) is 6.08 Å². The molecule has 0 aliphatic carbocycles. The molecule has 0 bridgehead atoms. The Labute approximate surface area is 100 Å². The molecule has 0 unspecified atom stereocenters. The van der Waals surface area contributed by atoms with Gasteiger partial charge in [-0.2, -0.15) is 0 Å². The van der Waals surface area contributed by atoms with Crippen molar-refractivity contribution >= 4 is 17.8 Å². The molecule has 0 N–H and O–H groups in total. The SMILES string of the molecule is COC(=O)/C=C/C(=C\C=O)c1cccc(C)c1. The molecule has 0 saturated carbocycles. The molecular weight excluding hydrogens is 216 g/mol. The maximum absolute atomic E-state index is 11.0. The van der Waals surface area contributed by atoms with E-state index in [9.17, 15) is 9.59 Å². The van der Waals surface area contributed by atoms with Crippen molar-refractivity contribution in [1.29, 1.82) is 0 Å². The van der Waals surface area contributed by atoms with Crippen molar-refractivity contribution in [3.63, 3.8) is 0 Å². The van der Waals surface area contributed by atoms with Gasteiger partial charge in [0.1, 0.15) is 6.29 Å². The Morgan fingerprint density at radius 3 is 2.65 bits per heavy atom. The van der Waals surface area contributed by atoms with Gasteiger partial charge in [0, 0.05) is 6.08 Å². The van der Waals surface area contributed by atoms with E-state index < -0.39 is 5.97 Å². The Hall–Kier alpha value is -2.16. The zero-order chi connectivity index (χ0) is 12.7. The molecule has 0 aromatic heterocycles. The van der Waals surface area contributed by atoms with Gasteiger partial charge in [0.25, 0.3) is 0 Å². The minimum absolute atomic E-state index is 0.450. The van der Waals surface area contributed by atoms with Crippen LogP contribution in [0, 0.1) is 6.92 Å². The van der Waals surface area contributed by atoms with E-state index in [4.69, 9.17) is 0 Å². The summed E-state index contributed by atoms with van der Waals surface area (Å²) in [5.41, 5.74) is 2.65. The summed E-state index contributed by atoms with van der Waals surface area (Å²) >= 11 is 0. The minimum Gasteiger partial charge on any atom is -0.466 e. The van der Waals surface area contributed by atoms with Gasteiger partial charge in [-0.1, -0.05) is 29.8 Å². The molecule has 0 heterocycles. The van der Waals surface area contributed by atoms with Crippen LogP contribution in [0.25, 0.3) is 5.57 Å². The number of hydrogen-bond donors (Lipinski definition) is 0. The lowest BCUT2D eigenvalue weighted by Gasteiger charge is -2.02. The van der Waals surface area contributed by atoms with Gasteiger partial charge in [-0.3, -0.25) is 4.79 Å². The summed E-state index contributed by atoms with van der Waals surface area (Å²) in [4.78, 5) is 21.6. The number of aryl methyl sites for hydroxylation is 1. The molecule has 0 aliphatic rings. The zero-order valence-electron chi connectivity index (χ0n) is 9.84. The van der Waals surface area contributed by atoms with Crippen molar-refractivity contribution in [2.24, 2.45) is 0 Å². The summed E-state index contributed by atoms with van der Waals surface area (Å²) < 4.78 is 4.50. The summed E-state index contributed by atoms with van der Waals surface area (Å²) in [6.45, 7) is 1.96. The van der Waals surface area contributed by atoms with Gasteiger partial charge in [-0.05, 0) is 30.2 Å². The molecule has 0 radical (unpaired) electrons. The van der Waals surface area contributed by atoms with Crippen LogP contribution in [0.5, 0.6) is 0 Å². The predicted molar refractivity (Wildman–Crippen MR) is 66.4 cm³/mol. The molecule has 0 atom stereocenters. The smallest absolute Gasteiger partial charge is 0.330 e. The summed E-state index contributed by atoms with van der Waals surface area (Å²) in [5, 5.41) is 0. The van der Waals surface area contributed by atoms with E-state index >= 15 is 0 Å². The first kappa shape index (κ1) is 12.9. The highest BCUT2D eigenvalue weighted by atomic mass is 16.5. The van der Waals surface area contributed by atoms with Crippen molar-refractivity contribution in [2.75, 3.05) is 7.11 Å². The number of allylic oxidation sites excluding steroid dienone is 3. The number of hydrogen-bond acceptors (Lipinski definition) is 3. The molecule has 3 nitrogen and oxygen atoms in total. The molecule has 17 heavy (non-hydrogen) atoms. The maximum atomic E-state index is 11.0. The standard InChI is InChI=1S/C14H14O3/c1-11-4-3-5-13(10-11)12(8-9-15)6-7-14(16)17-2/h3-10H,1-2H3/b7-6+,12-8+. The van der Waals surface area contributed by atoms with Crippen molar-refractivity contribution < 1.29 is 14.3 Å². The van der Waals surface area contributed by atoms with Crippen LogP contribution in [0.1, 0.15) is 11.1 Å². The fraction of sp³-hybridized carbons (Fsp3) is 0.143. The highest BCUT2D eigenvalue weighted by Crippen LogP contribution is 2.16. The normalized spacial score (nSPS) is 11.5. The van der Waals surface area contributed by atoms with E-state index in [0.717, 1.165) is 11.1 Å². The molecule has 1 aromatic rings. The Morgan fingerprint density at radius 1 is 1.29 bits per heavy atom. The second-order valence-corrected chi connectivity index (χ2v) is 3.48. The molecule has 0 fully saturated rings. The van der Waals surface area contributed by atoms with Gasteiger partial charge in [-0.15, -0.1) is 0 Å². The highest BCUT2D eigenvalue weighted by molar-refractivity contribution is 5.91. The van der Waals surface area contributed by atoms with E-state index in [0.29, 0.717) is 11.9 Å². The molecule has 3 heteroatoms. The number of methoxy groups -OCH3 is 1. The van der Waals surface area contributed by atoms with Crippen LogP contribution in [0.15, 0.2) is 42.5 Å². The number of aldehydes is 1. The van der Waals surface area contributed by atoms with Crippen molar-refractivity contribution in [3.8, 4) is 0 Å². The van der Waals surface area contributed by atoms with E-state index in [1.807, 2.05) is 31.2 Å². The summed E-state index contributed by atoms with van der Waals surface area (Å²) in [5.74, 6) is -0.450. The molecule has 0 amide bonds. The summed E-state index contributed by atoms with van der Waals surface area (Å²) in [7, 11) is 1.31. The van der Waals surface area contributed by atoms with Crippen molar-refractivity contribution in [1.82, 2.24) is 0 Å². The fourth-order valence-electron chi connectivity index (χ4n) is 1.37. The lowest BCUT2D eigenvalue weighted by Crippen LogP contribution is -1.94. The van der Waals surface area contributed by atoms with Gasteiger partial charge >= 0.3 is 5.97 Å². The quantitative estimate of drug-likeness (QED) is 0.345. The maximum Gasteiger partial charge on any atom is 0.330 e. The van der Waals surface area contributed by atoms with Gasteiger partial charge in [0.05, 0.1) is 7.11 Å². The van der Waals surface area contributed by atoms with Crippen LogP contribution < -0.4 is 0 Å². The topological polar surface area (TPSA) is 43.4 Å². The van der Waals surface area contributed by atoms with Crippen LogP contribution in [0.2, 0.25) is 0 Å². The number of ether oxygens (including phenoxy) is 1. The third-order valence-electron chi connectivity index (χ3n) is 2.20. The number of esters is 1. The molecule has 88 valence electrons. The Bertz CT molecular complexity index is 470. The number of carbonyl (C=O) groups is 2. The molecular formula is C14H14O3. The first-order chi connectivity index (χ1) is 8.17. The Morgan fingerprint density at radius 2 is 2.06 bits per heavy atom. The molecule has 0 saturated heterocycles. The number of benzene rings is 1. The predicted octanol–water partition coefficient (Wildman–Crippen LogP) is 2.31. The lowest BCUT2D eigenvalue weighted by molar-refractivity contribution is -0.134. The Kier molecular flexibility index (Phi) is 4.88. The summed E-state index contributed by atoms with van der Waals surface area (Å²) in [6.07, 6.45) is 4.96. The molecule has 0 spiro atoms. The van der Waals surface area contributed by atoms with Crippen LogP contribution in [0.3, 0.4) is 0 Å². The third kappa shape index (κ3) is 4.07. The largest absolute Gasteiger partial charge is 0.466 e. The van der Waals surface area contributed by atoms with E-state index in [-0.39, 0.29) is 0 Å². The average Bonchev–Trinajstić information content (AvgIpc) is 2.34. The minimum atomic E-state index is -0.450. The van der Waals surface area contributed by atoms with Crippen LogP contribution in [0.4, 0.5) is 0 Å². The second kappa shape index (κ2) is 6.43. The van der Waals surface area contributed by atoms with Crippen LogP contribution in [-0.2, 0) is 14.3 Å². The number of carbonyl (C=O) groups excluding carboxylic acids is 2. The molecule has 1 rings (SSSR count). The zero-order valence-corrected chi connectivity index (χ0v) is 9.84. The summed E-state index contributed by atoms with van der Waals surface area (Å²) in [6, 6.07) is 7.68. The van der Waals surface area contributed by atoms with Crippen LogP contribution >= 0.6 is 0 Å². The third-order valence-corrected chi connectivity index (χ3v) is 2.20. The van der Waals surface area contributed by atoms with Crippen molar-refractivity contribution in [3.05, 3.63) is 53.6 Å². The number of rotatable bonds is 4. The average molecular weight is 230 g/mol. The monoisotopic (exact) mass is 230 g/mol. The Balaban J connectivity index is 3.03. The van der Waals surface area contributed by atoms with Gasteiger partial charge in [-0.25, -0.2) is 4.79 Å². The molecule has 0 aliphatic heterocycles. The fourth-order valence-corrected chi connectivity index (χ4v) is 1.37. The van der Waals surface area contributed by atoms with E-state index in [1.165, 1.54) is 19.3 Å². The van der Waals surface area contributed by atoms with Gasteiger partial charge in [0.2, 0.25) is 0 Å². The van der Waals surface area contributed by atoms with Gasteiger partial charge in [0.15, 0.2) is 0 Å². The molecule has 1 aromatic carbocycles. The van der Waals surface area contributed by atoms with Crippen molar-refractivity contribution in [2.45, 2.75) is 6.92 Å². The highest BCUT2D eigenvalue weighted by Gasteiger charge is 1.99. The van der Waals surface area contributed by atoms with Crippen LogP contribution in [-0.4, -0.2) is 19.4 Å². The van der Waals surface area contributed by atoms with Gasteiger partial charge < -0.3 is 4.74 Å². The lowest BCUT2D eigenvalue weighted by atomic mass is 10.0. The first-order valence-corrected chi connectivity index (χ1v) is 5.16. The first-order valence-electron chi connectivity index (χ1n) is 5.16. The van der Waals surface area contributed by atoms with E-state index in [2.05, 4.69) is 4.74 Å².